The van der Waals surface area contributed by atoms with Crippen molar-refractivity contribution >= 4 is 11.8 Å². The van der Waals surface area contributed by atoms with Crippen LogP contribution in [0.25, 0.3) is 0 Å². The fourth-order valence-corrected chi connectivity index (χ4v) is 3.11. The number of halogens is 1. The van der Waals surface area contributed by atoms with E-state index in [1.165, 1.54) is 18.6 Å². The zero-order chi connectivity index (χ0) is 16.9. The highest BCUT2D eigenvalue weighted by Gasteiger charge is 2.30. The van der Waals surface area contributed by atoms with Gasteiger partial charge in [0.05, 0.1) is 6.04 Å². The van der Waals surface area contributed by atoms with Gasteiger partial charge in [-0.25, -0.2) is 4.39 Å². The third kappa shape index (κ3) is 4.56. The number of carbonyl (C=O) groups excluding carboxylic acids is 2. The van der Waals surface area contributed by atoms with Gasteiger partial charge in [-0.15, -0.1) is 0 Å². The fourth-order valence-electron chi connectivity index (χ4n) is 3.11. The first-order valence-electron chi connectivity index (χ1n) is 8.96. The van der Waals surface area contributed by atoms with Gasteiger partial charge in [-0.1, -0.05) is 18.6 Å². The molecule has 2 N–H and O–H groups in total. The quantitative estimate of drug-likeness (QED) is 0.719. The van der Waals surface area contributed by atoms with Gasteiger partial charge in [-0.2, -0.15) is 0 Å². The van der Waals surface area contributed by atoms with Gasteiger partial charge in [0, 0.05) is 18.9 Å². The van der Waals surface area contributed by atoms with Crippen molar-refractivity contribution in [3.05, 3.63) is 35.6 Å². The molecule has 0 heterocycles. The van der Waals surface area contributed by atoms with E-state index in [9.17, 15) is 14.0 Å². The molecular weight excluding hydrogens is 307 g/mol. The maximum atomic E-state index is 13.1. The molecule has 1 atom stereocenters. The van der Waals surface area contributed by atoms with E-state index in [0.717, 1.165) is 31.2 Å². The monoisotopic (exact) mass is 332 g/mol. The first-order valence-corrected chi connectivity index (χ1v) is 8.96. The minimum Gasteiger partial charge on any atom is -0.356 e. The maximum absolute atomic E-state index is 13.1. The van der Waals surface area contributed by atoms with E-state index in [1.54, 1.807) is 12.1 Å². The van der Waals surface area contributed by atoms with Crippen LogP contribution in [0.3, 0.4) is 0 Å². The Bertz CT molecular complexity index is 580. The van der Waals surface area contributed by atoms with Crippen LogP contribution in [-0.4, -0.2) is 18.4 Å². The van der Waals surface area contributed by atoms with Crippen LogP contribution in [0.1, 0.15) is 56.6 Å². The van der Waals surface area contributed by atoms with E-state index in [2.05, 4.69) is 10.6 Å². The van der Waals surface area contributed by atoms with Crippen LogP contribution in [-0.2, 0) is 9.59 Å². The van der Waals surface area contributed by atoms with Gasteiger partial charge in [0.2, 0.25) is 11.8 Å². The molecule has 2 fully saturated rings. The van der Waals surface area contributed by atoms with Crippen LogP contribution < -0.4 is 10.6 Å². The number of rotatable bonds is 8. The van der Waals surface area contributed by atoms with Crippen molar-refractivity contribution in [1.82, 2.24) is 10.6 Å². The minimum absolute atomic E-state index is 0.00287. The average molecular weight is 332 g/mol. The second-order valence-corrected chi connectivity index (χ2v) is 6.96. The van der Waals surface area contributed by atoms with E-state index in [4.69, 9.17) is 0 Å². The van der Waals surface area contributed by atoms with Gasteiger partial charge in [0.1, 0.15) is 5.82 Å². The lowest BCUT2D eigenvalue weighted by atomic mass is 9.77. The van der Waals surface area contributed by atoms with Crippen molar-refractivity contribution < 1.29 is 14.0 Å². The minimum atomic E-state index is -0.260. The number of carbonyl (C=O) groups is 2. The van der Waals surface area contributed by atoms with E-state index in [1.807, 2.05) is 0 Å². The topological polar surface area (TPSA) is 58.2 Å². The molecule has 2 saturated carbocycles. The molecule has 0 saturated heterocycles. The molecule has 0 unspecified atom stereocenters. The van der Waals surface area contributed by atoms with E-state index in [-0.39, 0.29) is 29.6 Å². The smallest absolute Gasteiger partial charge is 0.223 e. The molecule has 2 aliphatic carbocycles. The Kier molecular flexibility index (Phi) is 5.48. The van der Waals surface area contributed by atoms with Crippen molar-refractivity contribution in [3.63, 3.8) is 0 Å². The largest absolute Gasteiger partial charge is 0.356 e. The first-order chi connectivity index (χ1) is 11.6. The molecule has 2 aliphatic rings. The van der Waals surface area contributed by atoms with Crippen molar-refractivity contribution in [2.75, 3.05) is 6.54 Å². The molecule has 0 radical (unpaired) electrons. The third-order valence-corrected chi connectivity index (χ3v) is 4.99. The van der Waals surface area contributed by atoms with Crippen LogP contribution in [0.5, 0.6) is 0 Å². The molecule has 3 rings (SSSR count). The van der Waals surface area contributed by atoms with Crippen LogP contribution in [0.2, 0.25) is 0 Å². The van der Waals surface area contributed by atoms with Crippen molar-refractivity contribution in [2.45, 2.75) is 51.0 Å². The summed E-state index contributed by atoms with van der Waals surface area (Å²) in [5, 5.41) is 5.98. The van der Waals surface area contributed by atoms with E-state index in [0.29, 0.717) is 25.3 Å². The first kappa shape index (κ1) is 16.9. The van der Waals surface area contributed by atoms with Crippen molar-refractivity contribution in [1.29, 1.82) is 0 Å². The van der Waals surface area contributed by atoms with Gasteiger partial charge in [0.25, 0.3) is 0 Å². The summed E-state index contributed by atoms with van der Waals surface area (Å²) in [7, 11) is 0. The Hall–Kier alpha value is -1.91. The highest BCUT2D eigenvalue weighted by atomic mass is 19.1. The lowest BCUT2D eigenvalue weighted by molar-refractivity contribution is -0.124. The Morgan fingerprint density at radius 3 is 2.42 bits per heavy atom. The molecule has 0 aliphatic heterocycles. The summed E-state index contributed by atoms with van der Waals surface area (Å²) in [6, 6.07) is 6.37. The van der Waals surface area contributed by atoms with Gasteiger partial charge in [-0.05, 0) is 55.7 Å². The molecule has 5 heteroatoms. The molecular formula is C19H25FN2O2. The van der Waals surface area contributed by atoms with E-state index < -0.39 is 0 Å². The second kappa shape index (κ2) is 7.77. The Morgan fingerprint density at radius 1 is 1.12 bits per heavy atom. The molecule has 0 spiro atoms. The number of amides is 2. The maximum Gasteiger partial charge on any atom is 0.223 e. The highest BCUT2D eigenvalue weighted by molar-refractivity contribution is 5.81. The predicted molar refractivity (Wildman–Crippen MR) is 89.6 cm³/mol. The van der Waals surface area contributed by atoms with Gasteiger partial charge in [0.15, 0.2) is 0 Å². The third-order valence-electron chi connectivity index (χ3n) is 4.99. The number of hydrogen-bond donors (Lipinski definition) is 2. The van der Waals surface area contributed by atoms with Crippen LogP contribution >= 0.6 is 0 Å². The molecule has 24 heavy (non-hydrogen) atoms. The fraction of sp³-hybridized carbons (Fsp3) is 0.579. The Morgan fingerprint density at radius 2 is 1.83 bits per heavy atom. The van der Waals surface area contributed by atoms with Crippen LogP contribution in [0.15, 0.2) is 24.3 Å². The average Bonchev–Trinajstić information content (AvgIpc) is 3.34. The SMILES string of the molecule is O=C(CCCNC(=O)C1CC1)N[C@@H](c1ccc(F)cc1)C1CCC1. The molecule has 130 valence electrons. The summed E-state index contributed by atoms with van der Waals surface area (Å²) >= 11 is 0. The second-order valence-electron chi connectivity index (χ2n) is 6.96. The van der Waals surface area contributed by atoms with Crippen LogP contribution in [0.4, 0.5) is 4.39 Å². The molecule has 0 bridgehead atoms. The van der Waals surface area contributed by atoms with Gasteiger partial charge < -0.3 is 10.6 Å². The van der Waals surface area contributed by atoms with Gasteiger partial charge in [-0.3, -0.25) is 9.59 Å². The molecule has 4 nitrogen and oxygen atoms in total. The standard InChI is InChI=1S/C19H25FN2O2/c20-16-10-8-14(9-11-16)18(13-3-1-4-13)22-17(23)5-2-12-21-19(24)15-6-7-15/h8-11,13,15,18H,1-7,12H2,(H,21,24)(H,22,23)/t18-/m1/s1. The zero-order valence-corrected chi connectivity index (χ0v) is 13.9. The molecule has 2 amide bonds. The summed E-state index contributed by atoms with van der Waals surface area (Å²) in [6.07, 6.45) is 6.41. The highest BCUT2D eigenvalue weighted by Crippen LogP contribution is 2.37. The van der Waals surface area contributed by atoms with E-state index >= 15 is 0 Å². The molecule has 1 aromatic rings. The summed E-state index contributed by atoms with van der Waals surface area (Å²) in [5.74, 6) is 0.504. The number of benzene rings is 1. The van der Waals surface area contributed by atoms with Crippen LogP contribution in [0, 0.1) is 17.7 Å². The summed E-state index contributed by atoms with van der Waals surface area (Å²) < 4.78 is 13.1. The van der Waals surface area contributed by atoms with Crippen molar-refractivity contribution in [2.24, 2.45) is 11.8 Å². The number of nitrogens with one attached hydrogen (secondary N) is 2. The Labute approximate surface area is 142 Å². The lowest BCUT2D eigenvalue weighted by Crippen LogP contribution is -2.36. The van der Waals surface area contributed by atoms with Crippen molar-refractivity contribution in [3.8, 4) is 0 Å². The predicted octanol–water partition coefficient (Wildman–Crippen LogP) is 3.09. The zero-order valence-electron chi connectivity index (χ0n) is 13.9. The Balaban J connectivity index is 1.46. The molecule has 0 aromatic heterocycles. The molecule has 1 aromatic carbocycles. The summed E-state index contributed by atoms with van der Waals surface area (Å²) in [6.45, 7) is 0.549. The normalized spacial score (nSPS) is 18.5. The summed E-state index contributed by atoms with van der Waals surface area (Å²) in [5.41, 5.74) is 0.969. The summed E-state index contributed by atoms with van der Waals surface area (Å²) in [4.78, 5) is 23.8. The number of hydrogen-bond acceptors (Lipinski definition) is 2. The lowest BCUT2D eigenvalue weighted by Gasteiger charge is -2.34. The van der Waals surface area contributed by atoms with Gasteiger partial charge >= 0.3 is 0 Å².